The molecule has 0 radical (unpaired) electrons. The molecule has 3 rings (SSSR count). The van der Waals surface area contributed by atoms with Gasteiger partial charge in [0.1, 0.15) is 17.4 Å². The molecule has 0 unspecified atom stereocenters. The summed E-state index contributed by atoms with van der Waals surface area (Å²) in [7, 11) is 0. The highest BCUT2D eigenvalue weighted by Crippen LogP contribution is 2.41. The van der Waals surface area contributed by atoms with Crippen LogP contribution in [0.2, 0.25) is 0 Å². The zero-order valence-electron chi connectivity index (χ0n) is 10.5. The molecule has 0 aliphatic carbocycles. The standard InChI is InChI=1S/C16H11BrN2O/c17-11-7-5-10(6-8-11)15-12-3-1-2-4-14(12)20-16(19)13(15)9-18/h1-8,15H,19H2/t15-/m0/s1. The van der Waals surface area contributed by atoms with Crippen molar-refractivity contribution in [3.05, 3.63) is 75.6 Å². The molecule has 2 aromatic carbocycles. The highest BCUT2D eigenvalue weighted by molar-refractivity contribution is 9.10. The summed E-state index contributed by atoms with van der Waals surface area (Å²) >= 11 is 3.42. The summed E-state index contributed by atoms with van der Waals surface area (Å²) in [4.78, 5) is 0. The SMILES string of the molecule is N#CC1=C(N)Oc2ccccc2[C@@H]1c1ccc(Br)cc1. The van der Waals surface area contributed by atoms with E-state index in [4.69, 9.17) is 10.5 Å². The van der Waals surface area contributed by atoms with Gasteiger partial charge < -0.3 is 10.5 Å². The molecule has 0 saturated heterocycles. The molecule has 4 heteroatoms. The number of nitrogens with zero attached hydrogens (tertiary/aromatic N) is 1. The van der Waals surface area contributed by atoms with Crippen LogP contribution in [0.3, 0.4) is 0 Å². The van der Waals surface area contributed by atoms with Gasteiger partial charge in [0.15, 0.2) is 0 Å². The number of para-hydroxylation sites is 1. The van der Waals surface area contributed by atoms with Crippen LogP contribution in [0.25, 0.3) is 0 Å². The van der Waals surface area contributed by atoms with Crippen molar-refractivity contribution < 1.29 is 4.74 Å². The topological polar surface area (TPSA) is 59.0 Å². The van der Waals surface area contributed by atoms with E-state index in [2.05, 4.69) is 22.0 Å². The summed E-state index contributed by atoms with van der Waals surface area (Å²) in [6, 6.07) is 17.7. The maximum atomic E-state index is 9.40. The maximum Gasteiger partial charge on any atom is 0.205 e. The van der Waals surface area contributed by atoms with E-state index in [-0.39, 0.29) is 11.8 Å². The third-order valence-electron chi connectivity index (χ3n) is 3.33. The number of hydrogen-bond acceptors (Lipinski definition) is 3. The van der Waals surface area contributed by atoms with Crippen LogP contribution >= 0.6 is 15.9 Å². The molecule has 0 spiro atoms. The average Bonchev–Trinajstić information content (AvgIpc) is 2.47. The fraction of sp³-hybridized carbons (Fsp3) is 0.0625. The smallest absolute Gasteiger partial charge is 0.205 e. The lowest BCUT2D eigenvalue weighted by Gasteiger charge is -2.26. The molecule has 2 N–H and O–H groups in total. The molecule has 1 heterocycles. The number of allylic oxidation sites excluding steroid dienone is 1. The molecule has 1 atom stereocenters. The van der Waals surface area contributed by atoms with E-state index in [1.165, 1.54) is 0 Å². The maximum absolute atomic E-state index is 9.40. The van der Waals surface area contributed by atoms with Crippen molar-refractivity contribution in [2.45, 2.75) is 5.92 Å². The monoisotopic (exact) mass is 326 g/mol. The molecule has 3 nitrogen and oxygen atoms in total. The van der Waals surface area contributed by atoms with E-state index >= 15 is 0 Å². The molecule has 20 heavy (non-hydrogen) atoms. The summed E-state index contributed by atoms with van der Waals surface area (Å²) in [5.41, 5.74) is 8.31. The molecule has 1 aliphatic rings. The highest BCUT2D eigenvalue weighted by Gasteiger charge is 2.29. The molecule has 0 aromatic heterocycles. The van der Waals surface area contributed by atoms with E-state index in [9.17, 15) is 5.26 Å². The van der Waals surface area contributed by atoms with E-state index in [0.717, 1.165) is 15.6 Å². The molecular weight excluding hydrogens is 316 g/mol. The van der Waals surface area contributed by atoms with Crippen molar-refractivity contribution in [1.82, 2.24) is 0 Å². The van der Waals surface area contributed by atoms with Gasteiger partial charge in [-0.15, -0.1) is 0 Å². The number of nitrogens with two attached hydrogens (primary N) is 1. The number of fused-ring (bicyclic) bond motifs is 1. The molecule has 0 fully saturated rings. The minimum absolute atomic E-state index is 0.180. The van der Waals surface area contributed by atoms with Gasteiger partial charge in [0, 0.05) is 10.0 Å². The highest BCUT2D eigenvalue weighted by atomic mass is 79.9. The molecular formula is C16H11BrN2O. The number of hydrogen-bond donors (Lipinski definition) is 1. The van der Waals surface area contributed by atoms with Crippen LogP contribution in [0.15, 0.2) is 64.5 Å². The first-order valence-electron chi connectivity index (χ1n) is 6.12. The number of benzene rings is 2. The van der Waals surface area contributed by atoms with Crippen molar-refractivity contribution in [2.24, 2.45) is 5.73 Å². The lowest BCUT2D eigenvalue weighted by atomic mass is 9.84. The van der Waals surface area contributed by atoms with Gasteiger partial charge in [-0.05, 0) is 23.8 Å². The van der Waals surface area contributed by atoms with Crippen molar-refractivity contribution in [3.8, 4) is 11.8 Å². The van der Waals surface area contributed by atoms with Crippen LogP contribution in [-0.2, 0) is 0 Å². The molecule has 98 valence electrons. The Balaban J connectivity index is 2.20. The predicted molar refractivity (Wildman–Crippen MR) is 79.9 cm³/mol. The second-order valence-electron chi connectivity index (χ2n) is 4.51. The minimum atomic E-state index is -0.182. The van der Waals surface area contributed by atoms with Gasteiger partial charge in [-0.1, -0.05) is 46.3 Å². The van der Waals surface area contributed by atoms with Crippen LogP contribution in [-0.4, -0.2) is 0 Å². The molecule has 0 amide bonds. The summed E-state index contributed by atoms with van der Waals surface area (Å²) < 4.78 is 6.53. The Kier molecular flexibility index (Phi) is 3.21. The Morgan fingerprint density at radius 1 is 1.10 bits per heavy atom. The Hall–Kier alpha value is -2.25. The van der Waals surface area contributed by atoms with Gasteiger partial charge in [-0.25, -0.2) is 0 Å². The zero-order chi connectivity index (χ0) is 14.1. The van der Waals surface area contributed by atoms with Gasteiger partial charge in [0.25, 0.3) is 0 Å². The summed E-state index contributed by atoms with van der Waals surface area (Å²) in [6.45, 7) is 0. The first kappa shape index (κ1) is 12.8. The Labute approximate surface area is 125 Å². The third kappa shape index (κ3) is 2.06. The van der Waals surface area contributed by atoms with Gasteiger partial charge in [0.2, 0.25) is 5.88 Å². The molecule has 1 aliphatic heterocycles. The normalized spacial score (nSPS) is 17.1. The summed E-state index contributed by atoms with van der Waals surface area (Å²) in [5, 5.41) is 9.40. The van der Waals surface area contributed by atoms with Crippen molar-refractivity contribution in [1.29, 1.82) is 5.26 Å². The van der Waals surface area contributed by atoms with E-state index in [1.54, 1.807) is 0 Å². The van der Waals surface area contributed by atoms with E-state index < -0.39 is 0 Å². The first-order chi connectivity index (χ1) is 9.70. The molecule has 2 aromatic rings. The van der Waals surface area contributed by atoms with E-state index in [0.29, 0.717) is 11.3 Å². The lowest BCUT2D eigenvalue weighted by Crippen LogP contribution is -2.20. The number of rotatable bonds is 1. The second kappa shape index (κ2) is 5.03. The summed E-state index contributed by atoms with van der Waals surface area (Å²) in [5.74, 6) is 0.703. The molecule has 0 bridgehead atoms. The largest absolute Gasteiger partial charge is 0.440 e. The Bertz CT molecular complexity index is 729. The third-order valence-corrected chi connectivity index (χ3v) is 3.86. The van der Waals surface area contributed by atoms with Crippen molar-refractivity contribution in [2.75, 3.05) is 0 Å². The average molecular weight is 327 g/mol. The summed E-state index contributed by atoms with van der Waals surface area (Å²) in [6.07, 6.45) is 0. The minimum Gasteiger partial charge on any atom is -0.440 e. The molecule has 0 saturated carbocycles. The first-order valence-corrected chi connectivity index (χ1v) is 6.92. The number of ether oxygens (including phenoxy) is 1. The second-order valence-corrected chi connectivity index (χ2v) is 5.43. The van der Waals surface area contributed by atoms with Gasteiger partial charge >= 0.3 is 0 Å². The van der Waals surface area contributed by atoms with Crippen LogP contribution in [0, 0.1) is 11.3 Å². The fourth-order valence-corrected chi connectivity index (χ4v) is 2.67. The fourth-order valence-electron chi connectivity index (χ4n) is 2.40. The van der Waals surface area contributed by atoms with Crippen LogP contribution < -0.4 is 10.5 Å². The van der Waals surface area contributed by atoms with Gasteiger partial charge in [-0.3, -0.25) is 0 Å². The number of nitriles is 1. The van der Waals surface area contributed by atoms with Crippen molar-refractivity contribution >= 4 is 15.9 Å². The lowest BCUT2D eigenvalue weighted by molar-refractivity contribution is 0.393. The zero-order valence-corrected chi connectivity index (χ0v) is 12.1. The van der Waals surface area contributed by atoms with Crippen LogP contribution in [0.1, 0.15) is 17.0 Å². The predicted octanol–water partition coefficient (Wildman–Crippen LogP) is 3.67. The van der Waals surface area contributed by atoms with Gasteiger partial charge in [0.05, 0.1) is 5.92 Å². The van der Waals surface area contributed by atoms with E-state index in [1.807, 2.05) is 48.5 Å². The van der Waals surface area contributed by atoms with Crippen LogP contribution in [0.5, 0.6) is 5.75 Å². The van der Waals surface area contributed by atoms with Crippen LogP contribution in [0.4, 0.5) is 0 Å². The quantitative estimate of drug-likeness (QED) is 0.869. The number of halogens is 1. The Morgan fingerprint density at radius 2 is 1.80 bits per heavy atom. The van der Waals surface area contributed by atoms with Crippen molar-refractivity contribution in [3.63, 3.8) is 0 Å². The Morgan fingerprint density at radius 3 is 2.50 bits per heavy atom. The van der Waals surface area contributed by atoms with Gasteiger partial charge in [-0.2, -0.15) is 5.26 Å².